The van der Waals surface area contributed by atoms with E-state index < -0.39 is 0 Å². The van der Waals surface area contributed by atoms with Gasteiger partial charge in [-0.3, -0.25) is 9.78 Å². The molecule has 0 spiro atoms. The van der Waals surface area contributed by atoms with Gasteiger partial charge in [0.05, 0.1) is 0 Å². The van der Waals surface area contributed by atoms with Crippen LogP contribution >= 0.6 is 0 Å². The third kappa shape index (κ3) is 2.20. The quantitative estimate of drug-likeness (QED) is 0.600. The molecule has 0 aliphatic rings. The molecule has 0 bridgehead atoms. The molecule has 106 valence electrons. The lowest BCUT2D eigenvalue weighted by Gasteiger charge is -2.04. The fourth-order valence-electron chi connectivity index (χ4n) is 2.45. The van der Waals surface area contributed by atoms with Crippen molar-refractivity contribution >= 4 is 33.3 Å². The van der Waals surface area contributed by atoms with Crippen molar-refractivity contribution in [3.05, 3.63) is 72.8 Å². The number of carbonyl (C=O) groups is 1. The molecular weight excluding hydrogens is 276 g/mol. The number of furan rings is 1. The van der Waals surface area contributed by atoms with Gasteiger partial charge in [0.15, 0.2) is 5.76 Å². The largest absolute Gasteiger partial charge is 0.451 e. The molecule has 0 saturated heterocycles. The first kappa shape index (κ1) is 12.6. The molecule has 4 nitrogen and oxygen atoms in total. The summed E-state index contributed by atoms with van der Waals surface area (Å²) in [5.74, 6) is 0.0423. The standard InChI is InChI=1S/C18H12N2O2/c21-18(17-10-13-3-1-2-4-16(13)22-17)20-15-6-5-14-11-19-8-7-12(14)9-15/h1-11H,(H,20,21). The summed E-state index contributed by atoms with van der Waals surface area (Å²) in [7, 11) is 0. The lowest BCUT2D eigenvalue weighted by molar-refractivity contribution is 0.0998. The molecule has 4 rings (SSSR count). The monoisotopic (exact) mass is 288 g/mol. The summed E-state index contributed by atoms with van der Waals surface area (Å²) in [6, 6.07) is 16.9. The van der Waals surface area contributed by atoms with E-state index in [1.807, 2.05) is 48.5 Å². The fourth-order valence-corrected chi connectivity index (χ4v) is 2.45. The van der Waals surface area contributed by atoms with Gasteiger partial charge in [0.1, 0.15) is 5.58 Å². The number of fused-ring (bicyclic) bond motifs is 2. The Bertz CT molecular complexity index is 955. The molecule has 2 aromatic heterocycles. The van der Waals surface area contributed by atoms with Gasteiger partial charge in [0.25, 0.3) is 5.91 Å². The predicted octanol–water partition coefficient (Wildman–Crippen LogP) is 4.23. The van der Waals surface area contributed by atoms with Crippen LogP contribution < -0.4 is 5.32 Å². The number of amides is 1. The minimum absolute atomic E-state index is 0.260. The summed E-state index contributed by atoms with van der Waals surface area (Å²) < 4.78 is 5.57. The number of rotatable bonds is 2. The van der Waals surface area contributed by atoms with Crippen molar-refractivity contribution in [1.29, 1.82) is 0 Å². The van der Waals surface area contributed by atoms with Crippen LogP contribution in [0.4, 0.5) is 5.69 Å². The Hall–Kier alpha value is -3.14. The van der Waals surface area contributed by atoms with Crippen molar-refractivity contribution in [3.8, 4) is 0 Å². The third-order valence-electron chi connectivity index (χ3n) is 3.55. The Morgan fingerprint density at radius 2 is 1.86 bits per heavy atom. The summed E-state index contributed by atoms with van der Waals surface area (Å²) in [5, 5.41) is 5.83. The average molecular weight is 288 g/mol. The summed E-state index contributed by atoms with van der Waals surface area (Å²) in [5.41, 5.74) is 1.43. The second kappa shape index (κ2) is 5.00. The molecule has 0 aliphatic carbocycles. The molecule has 4 heteroatoms. The molecular formula is C18H12N2O2. The van der Waals surface area contributed by atoms with Crippen LogP contribution in [0.15, 0.2) is 71.4 Å². The van der Waals surface area contributed by atoms with Crippen molar-refractivity contribution in [2.24, 2.45) is 0 Å². The molecule has 0 atom stereocenters. The number of carbonyl (C=O) groups excluding carboxylic acids is 1. The molecule has 0 aliphatic heterocycles. The Kier molecular flexibility index (Phi) is 2.86. The van der Waals surface area contributed by atoms with Gasteiger partial charge in [-0.2, -0.15) is 0 Å². The van der Waals surface area contributed by atoms with Gasteiger partial charge in [0.2, 0.25) is 0 Å². The molecule has 4 aromatic rings. The van der Waals surface area contributed by atoms with E-state index in [2.05, 4.69) is 10.3 Å². The van der Waals surface area contributed by atoms with Crippen molar-refractivity contribution in [2.45, 2.75) is 0 Å². The van der Waals surface area contributed by atoms with Crippen molar-refractivity contribution in [1.82, 2.24) is 4.98 Å². The molecule has 0 fully saturated rings. The maximum absolute atomic E-state index is 12.3. The van der Waals surface area contributed by atoms with E-state index in [-0.39, 0.29) is 5.91 Å². The van der Waals surface area contributed by atoms with Gasteiger partial charge in [-0.15, -0.1) is 0 Å². The van der Waals surface area contributed by atoms with Crippen LogP contribution in [0.1, 0.15) is 10.6 Å². The minimum atomic E-state index is -0.260. The highest BCUT2D eigenvalue weighted by Crippen LogP contribution is 2.21. The minimum Gasteiger partial charge on any atom is -0.451 e. The van der Waals surface area contributed by atoms with Crippen molar-refractivity contribution in [2.75, 3.05) is 5.32 Å². The third-order valence-corrected chi connectivity index (χ3v) is 3.55. The van der Waals surface area contributed by atoms with E-state index in [0.717, 1.165) is 21.8 Å². The Morgan fingerprint density at radius 1 is 0.955 bits per heavy atom. The average Bonchev–Trinajstić information content (AvgIpc) is 2.99. The van der Waals surface area contributed by atoms with Gasteiger partial charge in [-0.1, -0.05) is 24.3 Å². The Labute approximate surface area is 126 Å². The number of nitrogens with zero attached hydrogens (tertiary/aromatic N) is 1. The zero-order valence-electron chi connectivity index (χ0n) is 11.6. The number of pyridine rings is 1. The molecule has 0 saturated carbocycles. The molecule has 1 amide bonds. The van der Waals surface area contributed by atoms with Crippen LogP contribution in [-0.4, -0.2) is 10.9 Å². The van der Waals surface area contributed by atoms with Gasteiger partial charge in [-0.25, -0.2) is 0 Å². The molecule has 22 heavy (non-hydrogen) atoms. The smallest absolute Gasteiger partial charge is 0.291 e. The highest BCUT2D eigenvalue weighted by Gasteiger charge is 2.12. The normalized spacial score (nSPS) is 10.9. The van der Waals surface area contributed by atoms with Crippen LogP contribution in [0.2, 0.25) is 0 Å². The molecule has 0 unspecified atom stereocenters. The number of hydrogen-bond acceptors (Lipinski definition) is 3. The molecule has 1 N–H and O–H groups in total. The Morgan fingerprint density at radius 3 is 2.77 bits per heavy atom. The Balaban J connectivity index is 1.64. The molecule has 2 heterocycles. The van der Waals surface area contributed by atoms with Gasteiger partial charge >= 0.3 is 0 Å². The maximum Gasteiger partial charge on any atom is 0.291 e. The van der Waals surface area contributed by atoms with E-state index in [9.17, 15) is 4.79 Å². The molecule has 2 aromatic carbocycles. The first-order valence-electron chi connectivity index (χ1n) is 6.93. The number of hydrogen-bond donors (Lipinski definition) is 1. The highest BCUT2D eigenvalue weighted by atomic mass is 16.3. The lowest BCUT2D eigenvalue weighted by Crippen LogP contribution is -2.10. The van der Waals surface area contributed by atoms with E-state index in [1.165, 1.54) is 0 Å². The zero-order chi connectivity index (χ0) is 14.9. The van der Waals surface area contributed by atoms with Crippen LogP contribution in [0, 0.1) is 0 Å². The lowest BCUT2D eigenvalue weighted by atomic mass is 10.1. The maximum atomic E-state index is 12.3. The zero-order valence-corrected chi connectivity index (χ0v) is 11.6. The number of benzene rings is 2. The summed E-state index contributed by atoms with van der Waals surface area (Å²) in [6.45, 7) is 0. The van der Waals surface area contributed by atoms with E-state index >= 15 is 0 Å². The SMILES string of the molecule is O=C(Nc1ccc2cnccc2c1)c1cc2ccccc2o1. The van der Waals surface area contributed by atoms with Gasteiger partial charge in [-0.05, 0) is 35.7 Å². The second-order valence-corrected chi connectivity index (χ2v) is 5.04. The number of anilines is 1. The fraction of sp³-hybridized carbons (Fsp3) is 0. The first-order valence-corrected chi connectivity index (χ1v) is 6.93. The number of aromatic nitrogens is 1. The van der Waals surface area contributed by atoms with E-state index in [0.29, 0.717) is 11.3 Å². The van der Waals surface area contributed by atoms with Crippen LogP contribution in [-0.2, 0) is 0 Å². The summed E-state index contributed by atoms with van der Waals surface area (Å²) >= 11 is 0. The van der Waals surface area contributed by atoms with Crippen molar-refractivity contribution in [3.63, 3.8) is 0 Å². The van der Waals surface area contributed by atoms with E-state index in [4.69, 9.17) is 4.42 Å². The van der Waals surface area contributed by atoms with Crippen LogP contribution in [0.25, 0.3) is 21.7 Å². The number of nitrogens with one attached hydrogen (secondary N) is 1. The highest BCUT2D eigenvalue weighted by molar-refractivity contribution is 6.05. The van der Waals surface area contributed by atoms with Crippen LogP contribution in [0.5, 0.6) is 0 Å². The van der Waals surface area contributed by atoms with E-state index in [1.54, 1.807) is 18.5 Å². The van der Waals surface area contributed by atoms with Crippen LogP contribution in [0.3, 0.4) is 0 Å². The first-order chi connectivity index (χ1) is 10.8. The van der Waals surface area contributed by atoms with Gasteiger partial charge < -0.3 is 9.73 Å². The predicted molar refractivity (Wildman–Crippen MR) is 85.9 cm³/mol. The summed E-state index contributed by atoms with van der Waals surface area (Å²) in [6.07, 6.45) is 3.52. The second-order valence-electron chi connectivity index (χ2n) is 5.04. The topological polar surface area (TPSA) is 55.1 Å². The molecule has 0 radical (unpaired) electrons. The summed E-state index contributed by atoms with van der Waals surface area (Å²) in [4.78, 5) is 16.4. The van der Waals surface area contributed by atoms with Gasteiger partial charge in [0, 0.05) is 28.9 Å². The number of para-hydroxylation sites is 1. The van der Waals surface area contributed by atoms with Crippen molar-refractivity contribution < 1.29 is 9.21 Å².